The van der Waals surface area contributed by atoms with Crippen LogP contribution in [0.1, 0.15) is 44.6 Å². The van der Waals surface area contributed by atoms with E-state index in [2.05, 4.69) is 55.9 Å². The third kappa shape index (κ3) is 2.93. The molecule has 0 amide bonds. The van der Waals surface area contributed by atoms with Crippen LogP contribution in [0.4, 0.5) is 0 Å². The second kappa shape index (κ2) is 6.35. The summed E-state index contributed by atoms with van der Waals surface area (Å²) in [4.78, 5) is 0. The first-order valence-electron chi connectivity index (χ1n) is 6.90. The molecule has 0 aliphatic heterocycles. The maximum absolute atomic E-state index is 3.42. The maximum Gasteiger partial charge on any atom is 0.0342 e. The van der Waals surface area contributed by atoms with Crippen LogP contribution in [0.2, 0.25) is 0 Å². The van der Waals surface area contributed by atoms with Gasteiger partial charge in [0.25, 0.3) is 0 Å². The molecule has 18 heavy (non-hydrogen) atoms. The molecule has 0 saturated heterocycles. The Hall–Kier alpha value is -0.860. The largest absolute Gasteiger partial charge is 0.317 e. The van der Waals surface area contributed by atoms with Gasteiger partial charge in [0.1, 0.15) is 0 Å². The lowest BCUT2D eigenvalue weighted by molar-refractivity contribution is 0.455. The summed E-state index contributed by atoms with van der Waals surface area (Å²) in [6.07, 6.45) is 3.85. The van der Waals surface area contributed by atoms with Crippen LogP contribution < -0.4 is 5.32 Å². The predicted octanol–water partition coefficient (Wildman–Crippen LogP) is 4.78. The van der Waals surface area contributed by atoms with Crippen molar-refractivity contribution in [2.45, 2.75) is 45.1 Å². The van der Waals surface area contributed by atoms with Crippen LogP contribution in [0.5, 0.6) is 0 Å². The molecule has 1 nitrogen and oxygen atoms in total. The number of unbranched alkanes of at least 4 members (excludes halogenated alkanes) is 1. The second-order valence-electron chi connectivity index (χ2n) is 5.04. The van der Waals surface area contributed by atoms with Crippen LogP contribution >= 0.6 is 11.3 Å². The van der Waals surface area contributed by atoms with Gasteiger partial charge < -0.3 is 5.32 Å². The van der Waals surface area contributed by atoms with Gasteiger partial charge in [-0.25, -0.2) is 0 Å². The van der Waals surface area contributed by atoms with E-state index in [4.69, 9.17) is 0 Å². The van der Waals surface area contributed by atoms with Crippen LogP contribution in [-0.2, 0) is 0 Å². The summed E-state index contributed by atoms with van der Waals surface area (Å²) in [7, 11) is 2.06. The summed E-state index contributed by atoms with van der Waals surface area (Å²) in [6, 6.07) is 9.72. The molecule has 0 fully saturated rings. The average molecular weight is 261 g/mol. The van der Waals surface area contributed by atoms with E-state index in [1.54, 1.807) is 0 Å². The highest BCUT2D eigenvalue weighted by Gasteiger charge is 2.17. The van der Waals surface area contributed by atoms with Gasteiger partial charge in [-0.1, -0.05) is 25.8 Å². The molecular formula is C16H23NS. The van der Waals surface area contributed by atoms with Gasteiger partial charge in [-0.05, 0) is 60.8 Å². The van der Waals surface area contributed by atoms with Crippen molar-refractivity contribution < 1.29 is 0 Å². The highest BCUT2D eigenvalue weighted by Crippen LogP contribution is 2.30. The molecule has 1 N–H and O–H groups in total. The Morgan fingerprint density at radius 2 is 2.11 bits per heavy atom. The first-order valence-corrected chi connectivity index (χ1v) is 7.78. The van der Waals surface area contributed by atoms with Gasteiger partial charge in [0.2, 0.25) is 0 Å². The summed E-state index contributed by atoms with van der Waals surface area (Å²) in [6.45, 7) is 4.56. The summed E-state index contributed by atoms with van der Waals surface area (Å²) in [5.41, 5.74) is 1.48. The van der Waals surface area contributed by atoms with Crippen LogP contribution in [-0.4, -0.2) is 13.1 Å². The van der Waals surface area contributed by atoms with Gasteiger partial charge in [-0.2, -0.15) is 0 Å². The lowest BCUT2D eigenvalue weighted by Crippen LogP contribution is -2.28. The Balaban J connectivity index is 2.27. The Kier molecular flexibility index (Phi) is 4.79. The molecule has 2 rings (SSSR count). The molecule has 1 aromatic heterocycles. The van der Waals surface area contributed by atoms with E-state index < -0.39 is 0 Å². The molecule has 2 atom stereocenters. The van der Waals surface area contributed by atoms with Crippen LogP contribution in [0.15, 0.2) is 29.6 Å². The van der Waals surface area contributed by atoms with Crippen molar-refractivity contribution in [3.8, 4) is 0 Å². The fraction of sp³-hybridized carbons (Fsp3) is 0.500. The molecule has 0 aliphatic rings. The van der Waals surface area contributed by atoms with Crippen molar-refractivity contribution in [2.75, 3.05) is 7.05 Å². The zero-order valence-electron chi connectivity index (χ0n) is 11.6. The van der Waals surface area contributed by atoms with E-state index in [0.717, 1.165) is 0 Å². The predicted molar refractivity (Wildman–Crippen MR) is 82.6 cm³/mol. The van der Waals surface area contributed by atoms with E-state index in [1.165, 1.54) is 34.9 Å². The van der Waals surface area contributed by atoms with Crippen LogP contribution in [0.25, 0.3) is 10.1 Å². The number of fused-ring (bicyclic) bond motifs is 1. The molecule has 0 spiro atoms. The van der Waals surface area contributed by atoms with Crippen LogP contribution in [0, 0.1) is 0 Å². The zero-order valence-corrected chi connectivity index (χ0v) is 12.4. The van der Waals surface area contributed by atoms with E-state index in [9.17, 15) is 0 Å². The average Bonchev–Trinajstić information content (AvgIpc) is 2.86. The number of benzene rings is 1. The van der Waals surface area contributed by atoms with Crippen molar-refractivity contribution in [3.05, 3.63) is 35.2 Å². The minimum atomic E-state index is 0.535. The number of thiophene rings is 1. The molecule has 0 aliphatic carbocycles. The first-order chi connectivity index (χ1) is 8.76. The van der Waals surface area contributed by atoms with Crippen LogP contribution in [0.3, 0.4) is 0 Å². The van der Waals surface area contributed by atoms with Crippen molar-refractivity contribution in [2.24, 2.45) is 0 Å². The van der Waals surface area contributed by atoms with Crippen molar-refractivity contribution in [3.63, 3.8) is 0 Å². The van der Waals surface area contributed by atoms with Gasteiger partial charge >= 0.3 is 0 Å². The monoisotopic (exact) mass is 261 g/mol. The summed E-state index contributed by atoms with van der Waals surface area (Å²) in [5, 5.41) is 6.99. The summed E-state index contributed by atoms with van der Waals surface area (Å²) in [5.74, 6) is 0.624. The minimum absolute atomic E-state index is 0.535. The topological polar surface area (TPSA) is 12.0 Å². The quantitative estimate of drug-likeness (QED) is 0.789. The van der Waals surface area contributed by atoms with E-state index in [1.807, 2.05) is 11.3 Å². The molecule has 2 aromatic rings. The number of rotatable bonds is 6. The Morgan fingerprint density at radius 1 is 1.28 bits per heavy atom. The number of hydrogen-bond acceptors (Lipinski definition) is 2. The van der Waals surface area contributed by atoms with Gasteiger partial charge in [0, 0.05) is 10.7 Å². The molecular weight excluding hydrogens is 238 g/mol. The lowest BCUT2D eigenvalue weighted by atomic mass is 9.87. The highest BCUT2D eigenvalue weighted by molar-refractivity contribution is 7.17. The molecule has 0 saturated carbocycles. The molecule has 2 heteroatoms. The summed E-state index contributed by atoms with van der Waals surface area (Å²) >= 11 is 1.82. The third-order valence-electron chi connectivity index (χ3n) is 3.83. The smallest absolute Gasteiger partial charge is 0.0342 e. The zero-order chi connectivity index (χ0) is 13.0. The second-order valence-corrected chi connectivity index (χ2v) is 5.99. The molecule has 98 valence electrons. The van der Waals surface area contributed by atoms with Gasteiger partial charge in [-0.15, -0.1) is 11.3 Å². The molecule has 0 radical (unpaired) electrons. The van der Waals surface area contributed by atoms with E-state index in [0.29, 0.717) is 12.0 Å². The summed E-state index contributed by atoms with van der Waals surface area (Å²) < 4.78 is 1.39. The minimum Gasteiger partial charge on any atom is -0.317 e. The molecule has 1 heterocycles. The lowest BCUT2D eigenvalue weighted by Gasteiger charge is -2.24. The molecule has 1 aromatic carbocycles. The normalized spacial score (nSPS) is 14.8. The number of nitrogens with one attached hydrogen (secondary N) is 1. The van der Waals surface area contributed by atoms with Gasteiger partial charge in [0.05, 0.1) is 0 Å². The van der Waals surface area contributed by atoms with E-state index in [-0.39, 0.29) is 0 Å². The van der Waals surface area contributed by atoms with Gasteiger partial charge in [0.15, 0.2) is 0 Å². The SMILES string of the molecule is CCCCC(c1ccc2sccc2c1)C(C)NC. The third-order valence-corrected chi connectivity index (χ3v) is 4.73. The standard InChI is InChI=1S/C16H23NS/c1-4-5-6-15(12(2)17-3)13-7-8-16-14(11-13)9-10-18-16/h7-12,15,17H,4-6H2,1-3H3. The number of likely N-dealkylation sites (N-methyl/N-ethyl adjacent to an activating group) is 1. The fourth-order valence-corrected chi connectivity index (χ4v) is 3.32. The Labute approximate surface area is 114 Å². The first kappa shape index (κ1) is 13.6. The van der Waals surface area contributed by atoms with Crippen molar-refractivity contribution in [1.82, 2.24) is 5.32 Å². The Bertz CT molecular complexity index is 489. The van der Waals surface area contributed by atoms with Crippen molar-refractivity contribution in [1.29, 1.82) is 0 Å². The number of hydrogen-bond donors (Lipinski definition) is 1. The fourth-order valence-electron chi connectivity index (χ4n) is 2.55. The van der Waals surface area contributed by atoms with Gasteiger partial charge in [-0.3, -0.25) is 0 Å². The maximum atomic E-state index is 3.42. The van der Waals surface area contributed by atoms with Crippen molar-refractivity contribution >= 4 is 21.4 Å². The Morgan fingerprint density at radius 3 is 2.83 bits per heavy atom. The molecule has 0 bridgehead atoms. The highest BCUT2D eigenvalue weighted by atomic mass is 32.1. The molecule has 2 unspecified atom stereocenters. The van der Waals surface area contributed by atoms with E-state index >= 15 is 0 Å².